The molecule has 2 N–H and O–H groups in total. The molecule has 2 aliphatic carbocycles. The topological polar surface area (TPSA) is 85.9 Å². The van der Waals surface area contributed by atoms with Crippen LogP contribution in [-0.4, -0.2) is 18.4 Å². The van der Waals surface area contributed by atoms with Crippen molar-refractivity contribution >= 4 is 10.0 Å². The number of hydrogen-bond donors (Lipinski definition) is 1. The third-order valence-corrected chi connectivity index (χ3v) is 6.70. The summed E-state index contributed by atoms with van der Waals surface area (Å²) in [7, 11) is -3.54. The van der Waals surface area contributed by atoms with Crippen LogP contribution in [0.3, 0.4) is 0 Å². The third kappa shape index (κ3) is 3.33. The molecule has 2 bridgehead atoms. The molecule has 132 valence electrons. The van der Waals surface area contributed by atoms with Crippen molar-refractivity contribution in [1.29, 1.82) is 0 Å². The van der Waals surface area contributed by atoms with Gasteiger partial charge in [-0.25, -0.2) is 13.6 Å². The lowest BCUT2D eigenvalue weighted by atomic mass is 9.68. The van der Waals surface area contributed by atoms with Crippen LogP contribution in [0.5, 0.6) is 0 Å². The number of hydrogen-bond acceptors (Lipinski definition) is 4. The maximum atomic E-state index is 11.7. The minimum absolute atomic E-state index is 0.0917. The molecule has 5 nitrogen and oxygen atoms in total. The summed E-state index contributed by atoms with van der Waals surface area (Å²) in [5.74, 6) is 1.00. The van der Waals surface area contributed by atoms with Crippen molar-refractivity contribution in [3.63, 3.8) is 0 Å². The number of rotatable bonds is 5. The first kappa shape index (κ1) is 16.7. The lowest BCUT2D eigenvalue weighted by Gasteiger charge is -2.36. The molecule has 0 aliphatic heterocycles. The number of nitrogens with two attached hydrogens (primary N) is 1. The summed E-state index contributed by atoms with van der Waals surface area (Å²) >= 11 is 0. The second kappa shape index (κ2) is 6.18. The Labute approximate surface area is 148 Å². The first-order valence-corrected chi connectivity index (χ1v) is 10.5. The smallest absolute Gasteiger partial charge is 0.213 e. The summed E-state index contributed by atoms with van der Waals surface area (Å²) in [4.78, 5) is 8.70. The summed E-state index contributed by atoms with van der Waals surface area (Å²) in [6, 6.07) is 7.89. The summed E-state index contributed by atoms with van der Waals surface area (Å²) in [6.07, 6.45) is 11.0. The zero-order valence-electron chi connectivity index (χ0n) is 14.1. The van der Waals surface area contributed by atoms with Crippen molar-refractivity contribution < 1.29 is 8.42 Å². The van der Waals surface area contributed by atoms with Crippen molar-refractivity contribution in [3.8, 4) is 0 Å². The highest BCUT2D eigenvalue weighted by molar-refractivity contribution is 7.88. The number of fused-ring (bicyclic) bond motifs is 2. The van der Waals surface area contributed by atoms with E-state index < -0.39 is 10.0 Å². The fourth-order valence-corrected chi connectivity index (χ4v) is 5.81. The Kier molecular flexibility index (Phi) is 4.12. The molecule has 1 aromatic heterocycles. The van der Waals surface area contributed by atoms with E-state index in [1.54, 1.807) is 12.4 Å². The lowest BCUT2D eigenvalue weighted by Crippen LogP contribution is -2.28. The molecule has 2 saturated carbocycles. The van der Waals surface area contributed by atoms with Crippen LogP contribution in [0.2, 0.25) is 0 Å². The third-order valence-electron chi connectivity index (χ3n) is 5.99. The molecule has 25 heavy (non-hydrogen) atoms. The van der Waals surface area contributed by atoms with Crippen LogP contribution in [0.4, 0.5) is 0 Å². The highest BCUT2D eigenvalue weighted by Gasteiger charge is 2.52. The molecule has 4 rings (SSSR count). The molecule has 2 aromatic rings. The van der Waals surface area contributed by atoms with Crippen LogP contribution >= 0.6 is 0 Å². The second-order valence-electron chi connectivity index (χ2n) is 7.64. The van der Waals surface area contributed by atoms with E-state index >= 15 is 0 Å². The maximum Gasteiger partial charge on any atom is 0.213 e. The zero-order chi connectivity index (χ0) is 17.5. The molecule has 0 radical (unpaired) electrons. The summed E-state index contributed by atoms with van der Waals surface area (Å²) in [5.41, 5.74) is 3.19. The maximum absolute atomic E-state index is 11.7. The Balaban J connectivity index is 1.70. The van der Waals surface area contributed by atoms with Gasteiger partial charge in [-0.15, -0.1) is 0 Å². The first-order chi connectivity index (χ1) is 12.0. The predicted molar refractivity (Wildman–Crippen MR) is 96.1 cm³/mol. The van der Waals surface area contributed by atoms with E-state index in [1.165, 1.54) is 19.3 Å². The van der Waals surface area contributed by atoms with E-state index in [4.69, 9.17) is 5.14 Å². The Hall–Kier alpha value is -1.79. The van der Waals surface area contributed by atoms with Gasteiger partial charge in [-0.1, -0.05) is 24.3 Å². The summed E-state index contributed by atoms with van der Waals surface area (Å²) in [6.45, 7) is 0. The predicted octanol–water partition coefficient (Wildman–Crippen LogP) is 2.78. The van der Waals surface area contributed by atoms with E-state index in [9.17, 15) is 8.42 Å². The van der Waals surface area contributed by atoms with E-state index in [-0.39, 0.29) is 11.2 Å². The molecular formula is C19H23N3O2S. The molecule has 3 atom stereocenters. The molecule has 1 heterocycles. The molecule has 3 unspecified atom stereocenters. The van der Waals surface area contributed by atoms with Crippen LogP contribution in [0.1, 0.15) is 48.4 Å². The van der Waals surface area contributed by atoms with Gasteiger partial charge in [-0.2, -0.15) is 0 Å². The quantitative estimate of drug-likeness (QED) is 0.891. The van der Waals surface area contributed by atoms with Gasteiger partial charge in [0.15, 0.2) is 0 Å². The van der Waals surface area contributed by atoms with Crippen molar-refractivity contribution in [2.45, 2.75) is 43.8 Å². The van der Waals surface area contributed by atoms with Gasteiger partial charge >= 0.3 is 0 Å². The van der Waals surface area contributed by atoms with Gasteiger partial charge in [-0.05, 0) is 60.5 Å². The lowest BCUT2D eigenvalue weighted by molar-refractivity contribution is 0.243. The molecule has 1 aromatic carbocycles. The highest BCUT2D eigenvalue weighted by Crippen LogP contribution is 2.63. The Morgan fingerprint density at radius 1 is 1.24 bits per heavy atom. The number of primary sulfonamides is 1. The first-order valence-electron chi connectivity index (χ1n) is 8.78. The number of sulfonamides is 1. The molecule has 2 aliphatic rings. The molecule has 2 fully saturated rings. The van der Waals surface area contributed by atoms with Gasteiger partial charge in [-0.3, -0.25) is 9.97 Å². The van der Waals surface area contributed by atoms with Gasteiger partial charge in [0.2, 0.25) is 10.0 Å². The van der Waals surface area contributed by atoms with Crippen molar-refractivity contribution in [1.82, 2.24) is 9.97 Å². The SMILES string of the molecule is NS(=O)(=O)Cc1ccccc1C1CC2CCC1(Cc1cnccn1)C2. The Morgan fingerprint density at radius 2 is 2.08 bits per heavy atom. The Bertz CT molecular complexity index is 869. The monoisotopic (exact) mass is 357 g/mol. The van der Waals surface area contributed by atoms with Gasteiger partial charge < -0.3 is 0 Å². The van der Waals surface area contributed by atoms with E-state index in [2.05, 4.69) is 16.0 Å². The molecule has 0 spiro atoms. The van der Waals surface area contributed by atoms with E-state index in [0.29, 0.717) is 5.92 Å². The van der Waals surface area contributed by atoms with Gasteiger partial charge in [0, 0.05) is 18.6 Å². The fraction of sp³-hybridized carbons (Fsp3) is 0.474. The highest BCUT2D eigenvalue weighted by atomic mass is 32.2. The van der Waals surface area contributed by atoms with E-state index in [1.807, 2.05) is 24.4 Å². The van der Waals surface area contributed by atoms with Crippen LogP contribution in [-0.2, 0) is 22.2 Å². The molecular weight excluding hydrogens is 334 g/mol. The second-order valence-corrected chi connectivity index (χ2v) is 9.25. The molecule has 0 amide bonds. The van der Waals surface area contributed by atoms with Crippen molar-refractivity contribution in [2.24, 2.45) is 16.5 Å². The number of benzene rings is 1. The van der Waals surface area contributed by atoms with Gasteiger partial charge in [0.1, 0.15) is 0 Å². The standard InChI is InChI=1S/C19H23N3O2S/c20-25(23,24)13-15-3-1-2-4-17(15)18-9-14-5-6-19(18,10-14)11-16-12-21-7-8-22-16/h1-4,7-8,12,14,18H,5-6,9-11,13H2,(H2,20,23,24). The van der Waals surface area contributed by atoms with E-state index in [0.717, 1.165) is 35.6 Å². The molecule has 0 saturated heterocycles. The average molecular weight is 357 g/mol. The Morgan fingerprint density at radius 3 is 2.80 bits per heavy atom. The minimum atomic E-state index is -3.54. The van der Waals surface area contributed by atoms with Gasteiger partial charge in [0.25, 0.3) is 0 Å². The minimum Gasteiger partial charge on any atom is -0.261 e. The molecule has 6 heteroatoms. The average Bonchev–Trinajstić information content (AvgIpc) is 3.12. The van der Waals surface area contributed by atoms with Crippen molar-refractivity contribution in [3.05, 3.63) is 59.7 Å². The van der Waals surface area contributed by atoms with Crippen molar-refractivity contribution in [2.75, 3.05) is 0 Å². The van der Waals surface area contributed by atoms with Crippen LogP contribution in [0, 0.1) is 11.3 Å². The number of aromatic nitrogens is 2. The van der Waals surface area contributed by atoms with Crippen LogP contribution < -0.4 is 5.14 Å². The zero-order valence-corrected chi connectivity index (χ0v) is 15.0. The van der Waals surface area contributed by atoms with Gasteiger partial charge in [0.05, 0.1) is 11.4 Å². The van der Waals surface area contributed by atoms with Crippen LogP contribution in [0.25, 0.3) is 0 Å². The summed E-state index contributed by atoms with van der Waals surface area (Å²) in [5, 5.41) is 5.32. The summed E-state index contributed by atoms with van der Waals surface area (Å²) < 4.78 is 23.3. The van der Waals surface area contributed by atoms with Crippen LogP contribution in [0.15, 0.2) is 42.9 Å². The fourth-order valence-electron chi connectivity index (χ4n) is 5.12. The normalized spacial score (nSPS) is 28.4. The number of nitrogens with zero attached hydrogens (tertiary/aromatic N) is 2. The largest absolute Gasteiger partial charge is 0.261 e.